The minimum absolute atomic E-state index is 0.0303. The SMILES string of the molecule is CC(C)(C)OC(=O)N1CC[C@H](OCOCC[Si](C)(C)C)[C@@H]1CC[C@H]1COC(=O)N1. The zero-order chi connectivity index (χ0) is 21.7. The van der Waals surface area contributed by atoms with E-state index in [0.29, 0.717) is 32.6 Å². The molecule has 2 heterocycles. The number of hydrogen-bond donors (Lipinski definition) is 1. The Hall–Kier alpha value is -1.32. The highest BCUT2D eigenvalue weighted by Crippen LogP contribution is 2.28. The lowest BCUT2D eigenvalue weighted by atomic mass is 10.0. The minimum atomic E-state index is -1.13. The summed E-state index contributed by atoms with van der Waals surface area (Å²) in [6, 6.07) is 0.954. The van der Waals surface area contributed by atoms with Gasteiger partial charge in [0.2, 0.25) is 0 Å². The zero-order valence-electron chi connectivity index (χ0n) is 18.8. The number of amides is 2. The van der Waals surface area contributed by atoms with Gasteiger partial charge >= 0.3 is 12.2 Å². The molecule has 0 bridgehead atoms. The van der Waals surface area contributed by atoms with E-state index in [4.69, 9.17) is 18.9 Å². The summed E-state index contributed by atoms with van der Waals surface area (Å²) in [5.74, 6) is 0. The molecular formula is C20H38N2O6Si. The van der Waals surface area contributed by atoms with Gasteiger partial charge in [0.25, 0.3) is 0 Å². The molecule has 168 valence electrons. The third-order valence-corrected chi connectivity index (χ3v) is 6.73. The number of ether oxygens (including phenoxy) is 4. The van der Waals surface area contributed by atoms with Gasteiger partial charge in [-0.3, -0.25) is 0 Å². The average molecular weight is 431 g/mol. The van der Waals surface area contributed by atoms with Crippen molar-refractivity contribution < 1.29 is 28.5 Å². The number of carbonyl (C=O) groups is 2. The van der Waals surface area contributed by atoms with E-state index in [0.717, 1.165) is 12.5 Å². The summed E-state index contributed by atoms with van der Waals surface area (Å²) >= 11 is 0. The first-order chi connectivity index (χ1) is 13.4. The third kappa shape index (κ3) is 8.52. The van der Waals surface area contributed by atoms with Crippen molar-refractivity contribution in [3.05, 3.63) is 0 Å². The van der Waals surface area contributed by atoms with Gasteiger partial charge in [0.05, 0.1) is 18.2 Å². The Labute approximate surface area is 175 Å². The van der Waals surface area contributed by atoms with Crippen molar-refractivity contribution in [2.75, 3.05) is 26.6 Å². The number of rotatable bonds is 9. The van der Waals surface area contributed by atoms with Crippen molar-refractivity contribution in [2.24, 2.45) is 0 Å². The van der Waals surface area contributed by atoms with Crippen LogP contribution in [0.15, 0.2) is 0 Å². The second-order valence-electron chi connectivity index (χ2n) is 10.1. The summed E-state index contributed by atoms with van der Waals surface area (Å²) in [6.45, 7) is 14.4. The molecule has 0 aromatic carbocycles. The monoisotopic (exact) mass is 430 g/mol. The molecule has 2 aliphatic heterocycles. The Kier molecular flexibility index (Phi) is 8.36. The maximum Gasteiger partial charge on any atom is 0.410 e. The summed E-state index contributed by atoms with van der Waals surface area (Å²) in [5.41, 5.74) is -0.548. The van der Waals surface area contributed by atoms with Crippen LogP contribution in [0.4, 0.5) is 9.59 Å². The fourth-order valence-electron chi connectivity index (χ4n) is 3.44. The van der Waals surface area contributed by atoms with Crippen LogP contribution in [0.25, 0.3) is 0 Å². The lowest BCUT2D eigenvalue weighted by molar-refractivity contribution is -0.0955. The molecule has 3 atom stereocenters. The molecule has 8 nitrogen and oxygen atoms in total. The number of nitrogens with one attached hydrogen (secondary N) is 1. The predicted molar refractivity (Wildman–Crippen MR) is 113 cm³/mol. The molecule has 0 spiro atoms. The Morgan fingerprint density at radius 3 is 2.59 bits per heavy atom. The lowest BCUT2D eigenvalue weighted by Crippen LogP contribution is -2.44. The van der Waals surface area contributed by atoms with E-state index >= 15 is 0 Å². The molecule has 29 heavy (non-hydrogen) atoms. The molecule has 2 amide bonds. The summed E-state index contributed by atoms with van der Waals surface area (Å²) < 4.78 is 22.2. The molecule has 2 aliphatic rings. The summed E-state index contributed by atoms with van der Waals surface area (Å²) in [5, 5.41) is 2.79. The van der Waals surface area contributed by atoms with Crippen LogP contribution in [0.5, 0.6) is 0 Å². The van der Waals surface area contributed by atoms with E-state index in [1.165, 1.54) is 0 Å². The van der Waals surface area contributed by atoms with Crippen molar-refractivity contribution in [2.45, 2.75) is 89.5 Å². The van der Waals surface area contributed by atoms with E-state index < -0.39 is 13.7 Å². The number of carbonyl (C=O) groups excluding carboxylic acids is 2. The maximum absolute atomic E-state index is 12.7. The third-order valence-electron chi connectivity index (χ3n) is 5.02. The van der Waals surface area contributed by atoms with Gasteiger partial charge in [0, 0.05) is 21.2 Å². The maximum atomic E-state index is 12.7. The van der Waals surface area contributed by atoms with Gasteiger partial charge < -0.3 is 29.2 Å². The molecule has 9 heteroatoms. The molecule has 0 aliphatic carbocycles. The van der Waals surface area contributed by atoms with Crippen LogP contribution in [0.1, 0.15) is 40.0 Å². The topological polar surface area (TPSA) is 86.3 Å². The normalized spacial score (nSPS) is 25.1. The molecule has 0 unspecified atom stereocenters. The molecule has 2 saturated heterocycles. The quantitative estimate of drug-likeness (QED) is 0.342. The summed E-state index contributed by atoms with van der Waals surface area (Å²) in [4.78, 5) is 25.7. The van der Waals surface area contributed by atoms with Gasteiger partial charge in [-0.25, -0.2) is 9.59 Å². The number of nitrogens with zero attached hydrogens (tertiary/aromatic N) is 1. The molecule has 2 fully saturated rings. The van der Waals surface area contributed by atoms with E-state index in [9.17, 15) is 9.59 Å². The Balaban J connectivity index is 1.89. The highest BCUT2D eigenvalue weighted by atomic mass is 28.3. The molecule has 1 N–H and O–H groups in total. The Bertz CT molecular complexity index is 560. The van der Waals surface area contributed by atoms with Crippen LogP contribution in [0.3, 0.4) is 0 Å². The van der Waals surface area contributed by atoms with Crippen molar-refractivity contribution in [3.8, 4) is 0 Å². The second-order valence-corrected chi connectivity index (χ2v) is 15.7. The van der Waals surface area contributed by atoms with Crippen molar-refractivity contribution in [3.63, 3.8) is 0 Å². The standard InChI is InChI=1S/C20H38N2O6Si/c1-20(2,3)28-19(24)22-10-9-17(27-14-25-11-12-29(4,5)6)16(22)8-7-15-13-26-18(23)21-15/h15-17H,7-14H2,1-6H3,(H,21,23)/t15-,16-,17-/m0/s1. The van der Waals surface area contributed by atoms with Gasteiger partial charge in [-0.15, -0.1) is 0 Å². The highest BCUT2D eigenvalue weighted by molar-refractivity contribution is 6.76. The Morgan fingerprint density at radius 2 is 2.00 bits per heavy atom. The van der Waals surface area contributed by atoms with Crippen molar-refractivity contribution in [1.29, 1.82) is 0 Å². The molecule has 0 radical (unpaired) electrons. The first-order valence-electron chi connectivity index (χ1n) is 10.6. The van der Waals surface area contributed by atoms with Gasteiger partial charge in [-0.2, -0.15) is 0 Å². The number of likely N-dealkylation sites (tertiary alicyclic amines) is 1. The molecule has 2 rings (SSSR count). The van der Waals surface area contributed by atoms with Crippen LogP contribution >= 0.6 is 0 Å². The minimum Gasteiger partial charge on any atom is -0.447 e. The summed E-state index contributed by atoms with van der Waals surface area (Å²) in [7, 11) is -1.13. The largest absolute Gasteiger partial charge is 0.447 e. The number of hydrogen-bond acceptors (Lipinski definition) is 6. The van der Waals surface area contributed by atoms with E-state index in [1.807, 2.05) is 20.8 Å². The van der Waals surface area contributed by atoms with Crippen molar-refractivity contribution in [1.82, 2.24) is 10.2 Å². The zero-order valence-corrected chi connectivity index (χ0v) is 19.8. The molecule has 0 saturated carbocycles. The van der Waals surface area contributed by atoms with Gasteiger partial charge in [0.15, 0.2) is 0 Å². The number of alkyl carbamates (subject to hydrolysis) is 1. The summed E-state index contributed by atoms with van der Waals surface area (Å²) in [6.07, 6.45) is 1.36. The van der Waals surface area contributed by atoms with E-state index in [1.54, 1.807) is 4.90 Å². The number of cyclic esters (lactones) is 1. The molecular weight excluding hydrogens is 392 g/mol. The van der Waals surface area contributed by atoms with Crippen LogP contribution in [-0.2, 0) is 18.9 Å². The van der Waals surface area contributed by atoms with E-state index in [-0.39, 0.29) is 37.2 Å². The smallest absolute Gasteiger partial charge is 0.410 e. The van der Waals surface area contributed by atoms with Gasteiger partial charge in [0.1, 0.15) is 19.0 Å². The van der Waals surface area contributed by atoms with Gasteiger partial charge in [-0.1, -0.05) is 19.6 Å². The second kappa shape index (κ2) is 10.1. The molecule has 0 aromatic rings. The van der Waals surface area contributed by atoms with Gasteiger partial charge in [-0.05, 0) is 46.1 Å². The molecule has 0 aromatic heterocycles. The van der Waals surface area contributed by atoms with Crippen LogP contribution < -0.4 is 5.32 Å². The Morgan fingerprint density at radius 1 is 1.28 bits per heavy atom. The highest BCUT2D eigenvalue weighted by Gasteiger charge is 2.40. The van der Waals surface area contributed by atoms with Crippen LogP contribution in [0, 0.1) is 0 Å². The average Bonchev–Trinajstić information content (AvgIpc) is 3.16. The first-order valence-corrected chi connectivity index (χ1v) is 14.3. The van der Waals surface area contributed by atoms with E-state index in [2.05, 4.69) is 25.0 Å². The fraction of sp³-hybridized carbons (Fsp3) is 0.900. The fourth-order valence-corrected chi connectivity index (χ4v) is 4.19. The van der Waals surface area contributed by atoms with Crippen LogP contribution in [0.2, 0.25) is 25.7 Å². The first kappa shape index (κ1) is 24.0. The lowest BCUT2D eigenvalue weighted by Gasteiger charge is -2.31. The van der Waals surface area contributed by atoms with Crippen molar-refractivity contribution >= 4 is 20.3 Å². The predicted octanol–water partition coefficient (Wildman–Crippen LogP) is 3.58. The van der Waals surface area contributed by atoms with Crippen LogP contribution in [-0.4, -0.2) is 75.5 Å².